The molecule has 0 aliphatic carbocycles. The molecule has 1 heterocycles. The third-order valence-corrected chi connectivity index (χ3v) is 6.05. The molecule has 0 radical (unpaired) electrons. The van der Waals surface area contributed by atoms with Gasteiger partial charge in [0.2, 0.25) is 5.89 Å². The molecule has 0 fully saturated rings. The van der Waals surface area contributed by atoms with Gasteiger partial charge in [0.25, 0.3) is 5.91 Å². The van der Waals surface area contributed by atoms with Gasteiger partial charge in [-0.2, -0.15) is 0 Å². The fraction of sp³-hybridized carbons (Fsp3) is 0. The highest BCUT2D eigenvalue weighted by atomic mass is 127. The van der Waals surface area contributed by atoms with Gasteiger partial charge in [-0.25, -0.2) is 4.98 Å². The Bertz CT molecular complexity index is 1170. The van der Waals surface area contributed by atoms with Crippen molar-refractivity contribution in [1.29, 1.82) is 0 Å². The monoisotopic (exact) mass is 596 g/mol. The summed E-state index contributed by atoms with van der Waals surface area (Å²) in [5, 5.41) is 2.92. The van der Waals surface area contributed by atoms with Crippen LogP contribution in [0.3, 0.4) is 0 Å². The van der Waals surface area contributed by atoms with E-state index in [4.69, 9.17) is 4.42 Å². The molecular weight excluding hydrogens is 587 g/mol. The van der Waals surface area contributed by atoms with Gasteiger partial charge in [-0.1, -0.05) is 28.1 Å². The van der Waals surface area contributed by atoms with Crippen LogP contribution in [0.2, 0.25) is 0 Å². The second-order valence-corrected chi connectivity index (χ2v) is 8.69. The van der Waals surface area contributed by atoms with Gasteiger partial charge in [-0.3, -0.25) is 4.79 Å². The number of hydrogen-bond acceptors (Lipinski definition) is 3. The molecule has 4 rings (SSSR count). The Morgan fingerprint density at radius 1 is 1.04 bits per heavy atom. The van der Waals surface area contributed by atoms with Gasteiger partial charge >= 0.3 is 0 Å². The fourth-order valence-corrected chi connectivity index (χ4v) is 4.02. The summed E-state index contributed by atoms with van der Waals surface area (Å²) < 4.78 is 8.51. The van der Waals surface area contributed by atoms with E-state index >= 15 is 0 Å². The number of hydrogen-bond donors (Lipinski definition) is 1. The Hall–Kier alpha value is -1.71. The zero-order chi connectivity index (χ0) is 19.0. The summed E-state index contributed by atoms with van der Waals surface area (Å²) in [6.45, 7) is 0. The van der Waals surface area contributed by atoms with E-state index in [0.717, 1.165) is 18.1 Å². The lowest BCUT2D eigenvalue weighted by Gasteiger charge is -2.07. The van der Waals surface area contributed by atoms with Gasteiger partial charge < -0.3 is 9.73 Å². The van der Waals surface area contributed by atoms with Crippen LogP contribution < -0.4 is 5.32 Å². The molecule has 0 unspecified atom stereocenters. The van der Waals surface area contributed by atoms with Crippen molar-refractivity contribution in [3.05, 3.63) is 78.7 Å². The maximum absolute atomic E-state index is 12.6. The summed E-state index contributed by atoms with van der Waals surface area (Å²) in [5.41, 5.74) is 3.50. The van der Waals surface area contributed by atoms with Crippen molar-refractivity contribution in [2.75, 3.05) is 5.32 Å². The molecule has 0 saturated heterocycles. The molecule has 0 spiro atoms. The van der Waals surface area contributed by atoms with Crippen LogP contribution >= 0.6 is 54.5 Å². The Kier molecular flexibility index (Phi) is 5.34. The van der Waals surface area contributed by atoms with Crippen molar-refractivity contribution < 1.29 is 9.21 Å². The first-order valence-corrected chi connectivity index (χ1v) is 10.6. The average molecular weight is 598 g/mol. The number of rotatable bonds is 3. The molecular formula is C20H11Br2IN2O2. The summed E-state index contributed by atoms with van der Waals surface area (Å²) in [6, 6.07) is 18.8. The number of anilines is 1. The lowest BCUT2D eigenvalue weighted by atomic mass is 10.2. The summed E-state index contributed by atoms with van der Waals surface area (Å²) in [4.78, 5) is 17.2. The van der Waals surface area contributed by atoms with Gasteiger partial charge in [0.15, 0.2) is 5.58 Å². The van der Waals surface area contributed by atoms with Crippen LogP contribution in [0.5, 0.6) is 0 Å². The Morgan fingerprint density at radius 2 is 1.85 bits per heavy atom. The average Bonchev–Trinajstić information content (AvgIpc) is 3.07. The first kappa shape index (κ1) is 18.6. The molecule has 1 N–H and O–H groups in total. The lowest BCUT2D eigenvalue weighted by molar-refractivity contribution is 0.102. The van der Waals surface area contributed by atoms with Crippen LogP contribution in [0.1, 0.15) is 10.4 Å². The summed E-state index contributed by atoms with van der Waals surface area (Å²) >= 11 is 9.07. The molecule has 4 aromatic rings. The van der Waals surface area contributed by atoms with Crippen LogP contribution in [0.4, 0.5) is 5.69 Å². The number of benzene rings is 3. The first-order valence-electron chi connectivity index (χ1n) is 7.93. The molecule has 3 aromatic carbocycles. The zero-order valence-corrected chi connectivity index (χ0v) is 19.0. The number of carbonyl (C=O) groups is 1. The van der Waals surface area contributed by atoms with Crippen LogP contribution in [-0.2, 0) is 0 Å². The molecule has 1 aromatic heterocycles. The number of nitrogens with one attached hydrogen (secondary N) is 1. The third-order valence-electron chi connectivity index (χ3n) is 3.92. The van der Waals surface area contributed by atoms with Crippen molar-refractivity contribution in [2.45, 2.75) is 0 Å². The predicted molar refractivity (Wildman–Crippen MR) is 122 cm³/mol. The van der Waals surface area contributed by atoms with Gasteiger partial charge in [-0.15, -0.1) is 0 Å². The highest BCUT2D eigenvalue weighted by Crippen LogP contribution is 2.31. The van der Waals surface area contributed by atoms with Crippen molar-refractivity contribution in [2.24, 2.45) is 0 Å². The fourth-order valence-electron chi connectivity index (χ4n) is 2.62. The molecule has 4 nitrogen and oxygen atoms in total. The van der Waals surface area contributed by atoms with Crippen molar-refractivity contribution in [3.8, 4) is 11.5 Å². The topological polar surface area (TPSA) is 55.1 Å². The Morgan fingerprint density at radius 3 is 2.67 bits per heavy atom. The van der Waals surface area contributed by atoms with Crippen LogP contribution in [-0.4, -0.2) is 10.9 Å². The predicted octanol–water partition coefficient (Wildman–Crippen LogP) is 6.88. The number of halogens is 3. The first-order chi connectivity index (χ1) is 13.0. The van der Waals surface area contributed by atoms with Crippen LogP contribution in [0.15, 0.2) is 74.0 Å². The van der Waals surface area contributed by atoms with Gasteiger partial charge in [0.05, 0.1) is 11.1 Å². The van der Waals surface area contributed by atoms with Crippen molar-refractivity contribution in [3.63, 3.8) is 0 Å². The normalized spacial score (nSPS) is 10.9. The minimum absolute atomic E-state index is 0.172. The lowest BCUT2D eigenvalue weighted by Crippen LogP contribution is -2.13. The van der Waals surface area contributed by atoms with Crippen LogP contribution in [0, 0.1) is 3.57 Å². The molecule has 0 atom stereocenters. The number of fused-ring (bicyclic) bond motifs is 1. The minimum atomic E-state index is -0.172. The van der Waals surface area contributed by atoms with E-state index in [0.29, 0.717) is 28.2 Å². The number of oxazole rings is 1. The molecule has 7 heteroatoms. The molecule has 0 aliphatic heterocycles. The highest BCUT2D eigenvalue weighted by molar-refractivity contribution is 14.1. The van der Waals surface area contributed by atoms with Crippen molar-refractivity contribution >= 4 is 77.1 Å². The van der Waals surface area contributed by atoms with Gasteiger partial charge in [0.1, 0.15) is 5.52 Å². The summed E-state index contributed by atoms with van der Waals surface area (Å²) in [7, 11) is 0. The number of carbonyl (C=O) groups excluding carboxylic acids is 1. The Balaban J connectivity index is 1.65. The third kappa shape index (κ3) is 3.95. The maximum Gasteiger partial charge on any atom is 0.256 e. The standard InChI is InChI=1S/C20H11Br2IN2O2/c21-11-5-7-16(23)14(9-11)19(26)24-12-6-8-18-17(10-12)25-20(27-18)13-3-1-2-4-15(13)22/h1-10H,(H,24,26). The number of amides is 1. The van der Waals surface area contributed by atoms with E-state index in [1.54, 1.807) is 12.1 Å². The molecule has 1 amide bonds. The quantitative estimate of drug-likeness (QED) is 0.262. The van der Waals surface area contributed by atoms with E-state index in [9.17, 15) is 4.79 Å². The van der Waals surface area contributed by atoms with Crippen LogP contribution in [0.25, 0.3) is 22.6 Å². The summed E-state index contributed by atoms with van der Waals surface area (Å²) in [5.74, 6) is 0.358. The number of aromatic nitrogens is 1. The maximum atomic E-state index is 12.6. The van der Waals surface area contributed by atoms with Gasteiger partial charge in [0, 0.05) is 18.2 Å². The molecule has 0 aliphatic rings. The second kappa shape index (κ2) is 7.73. The second-order valence-electron chi connectivity index (χ2n) is 5.76. The van der Waals surface area contributed by atoms with E-state index in [1.165, 1.54) is 0 Å². The zero-order valence-electron chi connectivity index (χ0n) is 13.7. The molecule has 27 heavy (non-hydrogen) atoms. The largest absolute Gasteiger partial charge is 0.436 e. The molecule has 0 saturated carbocycles. The minimum Gasteiger partial charge on any atom is -0.436 e. The van der Waals surface area contributed by atoms with E-state index in [-0.39, 0.29) is 5.91 Å². The highest BCUT2D eigenvalue weighted by Gasteiger charge is 2.14. The van der Waals surface area contributed by atoms with Gasteiger partial charge in [-0.05, 0) is 87.1 Å². The summed E-state index contributed by atoms with van der Waals surface area (Å²) in [6.07, 6.45) is 0. The number of nitrogens with zero attached hydrogens (tertiary/aromatic N) is 1. The van der Waals surface area contributed by atoms with E-state index in [1.807, 2.05) is 48.5 Å². The smallest absolute Gasteiger partial charge is 0.256 e. The van der Waals surface area contributed by atoms with E-state index in [2.05, 4.69) is 64.8 Å². The Labute approximate surface area is 185 Å². The van der Waals surface area contributed by atoms with Crippen molar-refractivity contribution in [1.82, 2.24) is 4.98 Å². The molecule has 0 bridgehead atoms. The molecule has 134 valence electrons. The SMILES string of the molecule is O=C(Nc1ccc2oc(-c3ccccc3Br)nc2c1)c1cc(Br)ccc1I. The van der Waals surface area contributed by atoms with E-state index < -0.39 is 0 Å².